The van der Waals surface area contributed by atoms with Gasteiger partial charge in [-0.05, 0) is 25.0 Å². The van der Waals surface area contributed by atoms with Crippen LogP contribution in [0, 0.1) is 0 Å². The first-order valence-electron chi connectivity index (χ1n) is 4.16. The largest absolute Gasteiger partial charge is 0.325 e. The van der Waals surface area contributed by atoms with Gasteiger partial charge in [0, 0.05) is 16.3 Å². The van der Waals surface area contributed by atoms with E-state index in [-0.39, 0.29) is 5.54 Å². The van der Waals surface area contributed by atoms with Crippen LogP contribution in [0.4, 0.5) is 0 Å². The van der Waals surface area contributed by atoms with E-state index in [0.717, 1.165) is 17.2 Å². The smallest absolute Gasteiger partial charge is 0.0931 e. The number of halogens is 1. The number of hydrogen-bond donors (Lipinski definition) is 1. The number of rotatable bonds is 2. The summed E-state index contributed by atoms with van der Waals surface area (Å²) in [6.45, 7) is 2.19. The summed E-state index contributed by atoms with van der Waals surface area (Å²) < 4.78 is 0.862. The van der Waals surface area contributed by atoms with E-state index in [9.17, 15) is 0 Å². The van der Waals surface area contributed by atoms with Crippen LogP contribution in [0.3, 0.4) is 0 Å². The van der Waals surface area contributed by atoms with Gasteiger partial charge in [0.05, 0.1) is 4.34 Å². The van der Waals surface area contributed by atoms with Crippen LogP contribution in [-0.2, 0) is 0 Å². The first-order chi connectivity index (χ1) is 5.62. The molecule has 12 heavy (non-hydrogen) atoms. The Balaban J connectivity index is 2.19. The zero-order valence-corrected chi connectivity index (χ0v) is 8.58. The van der Waals surface area contributed by atoms with Gasteiger partial charge >= 0.3 is 0 Å². The summed E-state index contributed by atoms with van der Waals surface area (Å²) >= 11 is 7.50. The second-order valence-electron chi connectivity index (χ2n) is 3.60. The van der Waals surface area contributed by atoms with Gasteiger partial charge < -0.3 is 5.73 Å². The lowest BCUT2D eigenvalue weighted by molar-refractivity contribution is 0.565. The highest BCUT2D eigenvalue weighted by atomic mass is 35.5. The average molecular weight is 202 g/mol. The van der Waals surface area contributed by atoms with Crippen molar-refractivity contribution < 1.29 is 0 Å². The summed E-state index contributed by atoms with van der Waals surface area (Å²) in [5.41, 5.74) is 6.17. The topological polar surface area (TPSA) is 26.0 Å². The van der Waals surface area contributed by atoms with Crippen LogP contribution in [0.25, 0.3) is 0 Å². The maximum absolute atomic E-state index is 6.09. The van der Waals surface area contributed by atoms with Gasteiger partial charge in [-0.3, -0.25) is 0 Å². The normalized spacial score (nSPS) is 22.2. The zero-order valence-electron chi connectivity index (χ0n) is 7.01. The molecule has 0 spiro atoms. The van der Waals surface area contributed by atoms with Gasteiger partial charge in [-0.25, -0.2) is 0 Å². The first-order valence-corrected chi connectivity index (χ1v) is 5.35. The van der Waals surface area contributed by atoms with Gasteiger partial charge in [0.1, 0.15) is 0 Å². The number of nitrogens with two attached hydrogens (primary N) is 1. The summed E-state index contributed by atoms with van der Waals surface area (Å²) in [5.74, 6) is 0.468. The fourth-order valence-corrected chi connectivity index (χ4v) is 2.66. The lowest BCUT2D eigenvalue weighted by Crippen LogP contribution is -2.28. The van der Waals surface area contributed by atoms with Crippen LogP contribution in [0.1, 0.15) is 30.6 Å². The Labute approximate surface area is 81.5 Å². The van der Waals surface area contributed by atoms with Crippen molar-refractivity contribution in [3.8, 4) is 0 Å². The minimum Gasteiger partial charge on any atom is -0.325 e. The standard InChI is InChI=1S/C9H12ClNS/c1-6(9(11)4-5-9)7-2-3-8(10)12-7/h2-3,6H,4-5,11H2,1H3. The Bertz CT molecular complexity index is 290. The van der Waals surface area contributed by atoms with Crippen molar-refractivity contribution in [2.45, 2.75) is 31.2 Å². The first kappa shape index (κ1) is 8.54. The van der Waals surface area contributed by atoms with Crippen LogP contribution < -0.4 is 5.73 Å². The van der Waals surface area contributed by atoms with E-state index >= 15 is 0 Å². The Hall–Kier alpha value is -0.0500. The fraction of sp³-hybridized carbons (Fsp3) is 0.556. The molecule has 1 fully saturated rings. The van der Waals surface area contributed by atoms with Gasteiger partial charge in [0.25, 0.3) is 0 Å². The van der Waals surface area contributed by atoms with E-state index in [1.807, 2.05) is 6.07 Å². The molecule has 0 bridgehead atoms. The molecule has 1 nitrogen and oxygen atoms in total. The van der Waals surface area contributed by atoms with E-state index in [1.54, 1.807) is 11.3 Å². The minimum atomic E-state index is 0.0776. The van der Waals surface area contributed by atoms with Crippen molar-refractivity contribution in [1.82, 2.24) is 0 Å². The average Bonchev–Trinajstić information content (AvgIpc) is 2.62. The van der Waals surface area contributed by atoms with Gasteiger partial charge in [0.2, 0.25) is 0 Å². The van der Waals surface area contributed by atoms with Crippen LogP contribution in [0.15, 0.2) is 12.1 Å². The SMILES string of the molecule is CC(c1ccc(Cl)s1)C1(N)CC1. The van der Waals surface area contributed by atoms with E-state index in [2.05, 4.69) is 13.0 Å². The molecule has 1 unspecified atom stereocenters. The van der Waals surface area contributed by atoms with Gasteiger partial charge in [0.15, 0.2) is 0 Å². The van der Waals surface area contributed by atoms with Crippen LogP contribution in [0.5, 0.6) is 0 Å². The van der Waals surface area contributed by atoms with E-state index in [4.69, 9.17) is 17.3 Å². The second kappa shape index (κ2) is 2.72. The van der Waals surface area contributed by atoms with Crippen molar-refractivity contribution in [2.75, 3.05) is 0 Å². The lowest BCUT2D eigenvalue weighted by Gasteiger charge is -2.16. The zero-order chi connectivity index (χ0) is 8.77. The molecule has 0 saturated heterocycles. The minimum absolute atomic E-state index is 0.0776. The molecule has 1 aromatic rings. The maximum Gasteiger partial charge on any atom is 0.0931 e. The van der Waals surface area contributed by atoms with E-state index in [1.165, 1.54) is 4.88 Å². The van der Waals surface area contributed by atoms with Crippen molar-refractivity contribution in [2.24, 2.45) is 5.73 Å². The van der Waals surface area contributed by atoms with Crippen molar-refractivity contribution in [3.63, 3.8) is 0 Å². The molecule has 3 heteroatoms. The molecule has 2 rings (SSSR count). The molecule has 0 aliphatic heterocycles. The van der Waals surface area contributed by atoms with Crippen LogP contribution in [0.2, 0.25) is 4.34 Å². The van der Waals surface area contributed by atoms with E-state index < -0.39 is 0 Å². The summed E-state index contributed by atoms with van der Waals surface area (Å²) in [5, 5.41) is 0. The number of hydrogen-bond acceptors (Lipinski definition) is 2. The molecule has 1 heterocycles. The molecule has 1 atom stereocenters. The molecule has 1 aromatic heterocycles. The highest BCUT2D eigenvalue weighted by Gasteiger charge is 2.44. The number of thiophene rings is 1. The van der Waals surface area contributed by atoms with Crippen LogP contribution >= 0.6 is 22.9 Å². The summed E-state index contributed by atoms with van der Waals surface area (Å²) in [6.07, 6.45) is 2.31. The monoisotopic (exact) mass is 201 g/mol. The molecule has 1 aliphatic carbocycles. The quantitative estimate of drug-likeness (QED) is 0.782. The molecule has 0 radical (unpaired) electrons. The van der Waals surface area contributed by atoms with Crippen molar-refractivity contribution in [3.05, 3.63) is 21.3 Å². The molecular formula is C9H12ClNS. The maximum atomic E-state index is 6.09. The molecule has 2 N–H and O–H groups in total. The predicted molar refractivity (Wildman–Crippen MR) is 53.9 cm³/mol. The van der Waals surface area contributed by atoms with Gasteiger partial charge in [-0.2, -0.15) is 0 Å². The second-order valence-corrected chi connectivity index (χ2v) is 5.34. The molecule has 0 aromatic carbocycles. The lowest BCUT2D eigenvalue weighted by atomic mass is 9.99. The fourth-order valence-electron chi connectivity index (χ4n) is 1.42. The van der Waals surface area contributed by atoms with Crippen molar-refractivity contribution in [1.29, 1.82) is 0 Å². The van der Waals surface area contributed by atoms with Crippen LogP contribution in [-0.4, -0.2) is 5.54 Å². The molecule has 0 amide bonds. The van der Waals surface area contributed by atoms with Gasteiger partial charge in [-0.15, -0.1) is 11.3 Å². The third-order valence-electron chi connectivity index (χ3n) is 2.71. The van der Waals surface area contributed by atoms with Gasteiger partial charge in [-0.1, -0.05) is 18.5 Å². The third kappa shape index (κ3) is 1.39. The molecule has 66 valence electrons. The predicted octanol–water partition coefficient (Wildman–Crippen LogP) is 3.00. The highest BCUT2D eigenvalue weighted by molar-refractivity contribution is 7.16. The molecular weight excluding hydrogens is 190 g/mol. The van der Waals surface area contributed by atoms with Crippen molar-refractivity contribution >= 4 is 22.9 Å². The summed E-state index contributed by atoms with van der Waals surface area (Å²) in [4.78, 5) is 1.32. The molecule has 1 saturated carbocycles. The Kier molecular flexibility index (Phi) is 1.94. The summed E-state index contributed by atoms with van der Waals surface area (Å²) in [7, 11) is 0. The summed E-state index contributed by atoms with van der Waals surface area (Å²) in [6, 6.07) is 4.04. The van der Waals surface area contributed by atoms with E-state index in [0.29, 0.717) is 5.92 Å². The Morgan fingerprint density at radius 1 is 1.58 bits per heavy atom. The highest BCUT2D eigenvalue weighted by Crippen LogP contribution is 2.46. The Morgan fingerprint density at radius 2 is 2.25 bits per heavy atom. The Morgan fingerprint density at radius 3 is 2.67 bits per heavy atom. The third-order valence-corrected chi connectivity index (χ3v) is 4.12. The molecule has 1 aliphatic rings.